The van der Waals surface area contributed by atoms with Crippen LogP contribution in [0.1, 0.15) is 24.1 Å². The van der Waals surface area contributed by atoms with Crippen molar-refractivity contribution in [3.63, 3.8) is 0 Å². The van der Waals surface area contributed by atoms with Gasteiger partial charge in [0, 0.05) is 0 Å². The summed E-state index contributed by atoms with van der Waals surface area (Å²) in [7, 11) is 0. The molecule has 0 aliphatic carbocycles. The maximum atomic E-state index is 10.9. The Morgan fingerprint density at radius 1 is 1.20 bits per heavy atom. The Morgan fingerprint density at radius 2 is 1.95 bits per heavy atom. The molecule has 102 valence electrons. The maximum absolute atomic E-state index is 10.9. The van der Waals surface area contributed by atoms with Crippen molar-refractivity contribution in [2.75, 3.05) is 0 Å². The number of ether oxygens (including phenoxy) is 1. The van der Waals surface area contributed by atoms with Gasteiger partial charge in [-0.25, -0.2) is 0 Å². The van der Waals surface area contributed by atoms with Crippen molar-refractivity contribution in [3.05, 3.63) is 72.6 Å². The van der Waals surface area contributed by atoms with Crippen LogP contribution in [0.15, 0.2) is 54.6 Å². The van der Waals surface area contributed by atoms with E-state index in [1.165, 1.54) is 0 Å². The zero-order chi connectivity index (χ0) is 14.4. The Bertz CT molecular complexity index is 566. The Hall–Kier alpha value is -2.29. The number of carbonyl (C=O) groups excluding carboxylic acids is 1. The molecule has 1 amide bonds. The van der Waals surface area contributed by atoms with Crippen molar-refractivity contribution in [2.45, 2.75) is 19.6 Å². The molecule has 3 heteroatoms. The number of nitrogens with one attached hydrogen (secondary N) is 1. The average molecular weight is 267 g/mol. The molecule has 2 aromatic rings. The van der Waals surface area contributed by atoms with E-state index in [-0.39, 0.29) is 6.04 Å². The number of rotatable bonds is 5. The summed E-state index contributed by atoms with van der Waals surface area (Å²) in [6, 6.07) is 17.4. The summed E-state index contributed by atoms with van der Waals surface area (Å²) in [5.74, 6) is 0.234. The van der Waals surface area contributed by atoms with Crippen LogP contribution >= 0.6 is 0 Å². The lowest BCUT2D eigenvalue weighted by Crippen LogP contribution is -2.23. The first-order valence-electron chi connectivity index (χ1n) is 6.48. The minimum Gasteiger partial charge on any atom is -0.489 e. The van der Waals surface area contributed by atoms with E-state index in [0.717, 1.165) is 16.9 Å². The molecule has 0 fully saturated rings. The van der Waals surface area contributed by atoms with Gasteiger partial charge in [-0.3, -0.25) is 4.79 Å². The zero-order valence-corrected chi connectivity index (χ0v) is 11.4. The predicted octanol–water partition coefficient (Wildman–Crippen LogP) is 3.15. The monoisotopic (exact) mass is 267 g/mol. The first kappa shape index (κ1) is 14.1. The van der Waals surface area contributed by atoms with E-state index in [1.54, 1.807) is 0 Å². The van der Waals surface area contributed by atoms with Crippen molar-refractivity contribution < 1.29 is 9.53 Å². The largest absolute Gasteiger partial charge is 0.489 e. The van der Waals surface area contributed by atoms with E-state index >= 15 is 0 Å². The van der Waals surface area contributed by atoms with Gasteiger partial charge in [0.15, 0.2) is 0 Å². The van der Waals surface area contributed by atoms with Crippen molar-refractivity contribution in [3.8, 4) is 5.75 Å². The van der Waals surface area contributed by atoms with Crippen LogP contribution in [0.5, 0.6) is 5.75 Å². The minimum atomic E-state index is -0.534. The van der Waals surface area contributed by atoms with Gasteiger partial charge in [0.25, 0.3) is 0 Å². The molecular formula is C17H17NO2. The van der Waals surface area contributed by atoms with Crippen LogP contribution < -0.4 is 10.1 Å². The molecule has 3 nitrogen and oxygen atoms in total. The van der Waals surface area contributed by atoms with Crippen molar-refractivity contribution in [1.82, 2.24) is 5.32 Å². The van der Waals surface area contributed by atoms with Gasteiger partial charge in [0.2, 0.25) is 5.91 Å². The van der Waals surface area contributed by atoms with E-state index in [4.69, 9.17) is 11.7 Å². The van der Waals surface area contributed by atoms with Gasteiger partial charge >= 0.3 is 0 Å². The lowest BCUT2D eigenvalue weighted by molar-refractivity contribution is -0.117. The van der Waals surface area contributed by atoms with Gasteiger partial charge < -0.3 is 10.1 Å². The molecule has 2 rings (SSSR count). The average Bonchev–Trinajstić information content (AvgIpc) is 2.46. The summed E-state index contributed by atoms with van der Waals surface area (Å²) >= 11 is 0. The maximum Gasteiger partial charge on any atom is 0.225 e. The Balaban J connectivity index is 2.01. The molecule has 0 bridgehead atoms. The van der Waals surface area contributed by atoms with Crippen LogP contribution in [0.2, 0.25) is 0 Å². The van der Waals surface area contributed by atoms with Crippen LogP contribution in [-0.4, -0.2) is 5.91 Å². The number of amides is 1. The third-order valence-electron chi connectivity index (χ3n) is 2.97. The summed E-state index contributed by atoms with van der Waals surface area (Å²) in [6.07, 6.45) is 0. The highest BCUT2D eigenvalue weighted by atomic mass is 16.5. The predicted molar refractivity (Wildman–Crippen MR) is 78.1 cm³/mol. The van der Waals surface area contributed by atoms with E-state index in [9.17, 15) is 4.79 Å². The molecule has 0 saturated carbocycles. The summed E-state index contributed by atoms with van der Waals surface area (Å²) in [5, 5.41) is 2.64. The first-order chi connectivity index (χ1) is 9.65. The van der Waals surface area contributed by atoms with Gasteiger partial charge in [0.05, 0.1) is 13.0 Å². The van der Waals surface area contributed by atoms with E-state index < -0.39 is 5.91 Å². The molecule has 0 spiro atoms. The summed E-state index contributed by atoms with van der Waals surface area (Å²) < 4.78 is 5.74. The molecule has 0 aliphatic heterocycles. The van der Waals surface area contributed by atoms with Gasteiger partial charge in [-0.05, 0) is 30.2 Å². The second-order valence-corrected chi connectivity index (χ2v) is 4.58. The molecule has 0 heterocycles. The van der Waals surface area contributed by atoms with Gasteiger partial charge in [-0.2, -0.15) is 0 Å². The molecule has 2 radical (unpaired) electrons. The van der Waals surface area contributed by atoms with Crippen LogP contribution in [0.25, 0.3) is 0 Å². The van der Waals surface area contributed by atoms with E-state index in [1.807, 2.05) is 61.5 Å². The second-order valence-electron chi connectivity index (χ2n) is 4.58. The minimum absolute atomic E-state index is 0.146. The number of carbonyl (C=O) groups is 1. The van der Waals surface area contributed by atoms with Gasteiger partial charge in [-0.15, -0.1) is 0 Å². The number of benzene rings is 2. The lowest BCUT2D eigenvalue weighted by atomic mass is 10.1. The summed E-state index contributed by atoms with van der Waals surface area (Å²) in [5.41, 5.74) is 2.07. The van der Waals surface area contributed by atoms with Gasteiger partial charge in [-0.1, -0.05) is 42.5 Å². The molecule has 1 N–H and O–H groups in total. The third kappa shape index (κ3) is 4.12. The molecule has 1 atom stereocenters. The van der Waals surface area contributed by atoms with Crippen LogP contribution in [0.4, 0.5) is 0 Å². The fourth-order valence-electron chi connectivity index (χ4n) is 1.91. The summed E-state index contributed by atoms with van der Waals surface area (Å²) in [6.45, 7) is 7.51. The molecule has 2 aromatic carbocycles. The van der Waals surface area contributed by atoms with Gasteiger partial charge in [0.1, 0.15) is 12.4 Å². The van der Waals surface area contributed by atoms with E-state index in [2.05, 4.69) is 5.32 Å². The Morgan fingerprint density at radius 3 is 2.65 bits per heavy atom. The SMILES string of the molecule is [CH]C(=O)NC(C)c1cccc(OCc2ccccc2)c1. The molecule has 0 saturated heterocycles. The van der Waals surface area contributed by atoms with Crippen LogP contribution in [-0.2, 0) is 11.4 Å². The molecule has 0 aliphatic rings. The molecule has 20 heavy (non-hydrogen) atoms. The standard InChI is InChI=1S/C17H17NO2/c1-13(18-14(2)19)16-9-6-10-17(11-16)20-12-15-7-4-3-5-8-15/h2-11,13H,12H2,1H3,(H,18,19). The number of hydrogen-bond acceptors (Lipinski definition) is 2. The first-order valence-corrected chi connectivity index (χ1v) is 6.48. The Kier molecular flexibility index (Phi) is 4.77. The highest BCUT2D eigenvalue weighted by molar-refractivity contribution is 5.80. The number of hydrogen-bond donors (Lipinski definition) is 1. The van der Waals surface area contributed by atoms with Crippen molar-refractivity contribution >= 4 is 5.91 Å². The van der Waals surface area contributed by atoms with Crippen LogP contribution in [0, 0.1) is 6.92 Å². The topological polar surface area (TPSA) is 38.3 Å². The fraction of sp³-hybridized carbons (Fsp3) is 0.176. The lowest BCUT2D eigenvalue weighted by Gasteiger charge is -2.14. The van der Waals surface area contributed by atoms with Crippen molar-refractivity contribution in [2.24, 2.45) is 0 Å². The molecule has 1 unspecified atom stereocenters. The van der Waals surface area contributed by atoms with Crippen LogP contribution in [0.3, 0.4) is 0 Å². The highest BCUT2D eigenvalue weighted by Crippen LogP contribution is 2.20. The molecular weight excluding hydrogens is 250 g/mol. The van der Waals surface area contributed by atoms with E-state index in [0.29, 0.717) is 6.61 Å². The summed E-state index contributed by atoms with van der Waals surface area (Å²) in [4.78, 5) is 10.9. The fourth-order valence-corrected chi connectivity index (χ4v) is 1.91. The quantitative estimate of drug-likeness (QED) is 0.903. The smallest absolute Gasteiger partial charge is 0.225 e. The van der Waals surface area contributed by atoms with Crippen molar-refractivity contribution in [1.29, 1.82) is 0 Å². The Labute approximate surface area is 119 Å². The molecule has 0 aromatic heterocycles. The normalized spacial score (nSPS) is 11.7. The third-order valence-corrected chi connectivity index (χ3v) is 2.97. The second kappa shape index (κ2) is 6.75. The zero-order valence-electron chi connectivity index (χ0n) is 11.4. The highest BCUT2D eigenvalue weighted by Gasteiger charge is 2.07.